The summed E-state index contributed by atoms with van der Waals surface area (Å²) in [5.41, 5.74) is 3.48. The third-order valence-corrected chi connectivity index (χ3v) is 3.32. The van der Waals surface area contributed by atoms with E-state index in [0.29, 0.717) is 0 Å². The number of benzene rings is 1. The number of carbonyl (C=O) groups is 1. The lowest BCUT2D eigenvalue weighted by molar-refractivity contribution is 0.0659. The van der Waals surface area contributed by atoms with Crippen molar-refractivity contribution in [1.82, 2.24) is 10.6 Å². The molecule has 112 valence electrons. The molecule has 0 heterocycles. The Labute approximate surface area is 120 Å². The van der Waals surface area contributed by atoms with Gasteiger partial charge in [0, 0.05) is 13.7 Å². The van der Waals surface area contributed by atoms with Crippen LogP contribution in [0.1, 0.15) is 29.7 Å². The van der Waals surface area contributed by atoms with Gasteiger partial charge in [-0.05, 0) is 37.5 Å². The van der Waals surface area contributed by atoms with Gasteiger partial charge in [-0.1, -0.05) is 18.2 Å². The molecule has 1 rings (SSSR count). The number of rotatable bonds is 6. The van der Waals surface area contributed by atoms with Crippen molar-refractivity contribution in [3.63, 3.8) is 0 Å². The van der Waals surface area contributed by atoms with Crippen molar-refractivity contribution in [2.45, 2.75) is 32.9 Å². The number of methoxy groups -OCH3 is 1. The highest BCUT2D eigenvalue weighted by Gasteiger charge is 2.13. The average Bonchev–Trinajstić information content (AvgIpc) is 2.40. The smallest absolute Gasteiger partial charge is 0.315 e. The molecule has 0 aliphatic rings. The van der Waals surface area contributed by atoms with Crippen LogP contribution in [0.25, 0.3) is 0 Å². The molecule has 2 amide bonds. The molecule has 0 aliphatic carbocycles. The van der Waals surface area contributed by atoms with Gasteiger partial charge in [0.05, 0.1) is 18.8 Å². The molecule has 5 nitrogen and oxygen atoms in total. The van der Waals surface area contributed by atoms with E-state index in [0.717, 1.165) is 5.56 Å². The van der Waals surface area contributed by atoms with Gasteiger partial charge in [-0.15, -0.1) is 0 Å². The maximum Gasteiger partial charge on any atom is 0.315 e. The molecule has 0 saturated heterocycles. The molecule has 2 unspecified atom stereocenters. The van der Waals surface area contributed by atoms with Gasteiger partial charge in [0.25, 0.3) is 0 Å². The lowest BCUT2D eigenvalue weighted by Crippen LogP contribution is -2.41. The van der Waals surface area contributed by atoms with E-state index in [4.69, 9.17) is 4.74 Å². The lowest BCUT2D eigenvalue weighted by Gasteiger charge is -2.19. The van der Waals surface area contributed by atoms with Crippen molar-refractivity contribution in [2.24, 2.45) is 0 Å². The summed E-state index contributed by atoms with van der Waals surface area (Å²) in [7, 11) is 1.51. The van der Waals surface area contributed by atoms with Gasteiger partial charge in [-0.3, -0.25) is 0 Å². The molecule has 0 radical (unpaired) electrons. The monoisotopic (exact) mass is 280 g/mol. The first-order valence-corrected chi connectivity index (χ1v) is 6.73. The normalized spacial score (nSPS) is 13.7. The first kappa shape index (κ1) is 16.5. The fourth-order valence-corrected chi connectivity index (χ4v) is 2.03. The van der Waals surface area contributed by atoms with Crippen molar-refractivity contribution in [3.8, 4) is 0 Å². The Kier molecular flexibility index (Phi) is 6.48. The molecule has 2 atom stereocenters. The summed E-state index contributed by atoms with van der Waals surface area (Å²) in [4.78, 5) is 11.8. The minimum absolute atomic E-state index is 0.0885. The number of carbonyl (C=O) groups excluding carboxylic acids is 1. The molecule has 0 saturated carbocycles. The Morgan fingerprint density at radius 3 is 2.75 bits per heavy atom. The quantitative estimate of drug-likeness (QED) is 0.742. The zero-order valence-corrected chi connectivity index (χ0v) is 12.6. The van der Waals surface area contributed by atoms with E-state index in [1.807, 2.05) is 39.0 Å². The van der Waals surface area contributed by atoms with Gasteiger partial charge in [0.15, 0.2) is 0 Å². The second-order valence-electron chi connectivity index (χ2n) is 4.97. The van der Waals surface area contributed by atoms with E-state index in [1.54, 1.807) is 0 Å². The topological polar surface area (TPSA) is 70.6 Å². The summed E-state index contributed by atoms with van der Waals surface area (Å²) in [6, 6.07) is 5.65. The second-order valence-corrected chi connectivity index (χ2v) is 4.97. The van der Waals surface area contributed by atoms with Gasteiger partial charge in [0.2, 0.25) is 0 Å². The average molecular weight is 280 g/mol. The predicted molar refractivity (Wildman–Crippen MR) is 78.7 cm³/mol. The highest BCUT2D eigenvalue weighted by atomic mass is 16.5. The molecule has 3 N–H and O–H groups in total. The molecule has 0 fully saturated rings. The van der Waals surface area contributed by atoms with Gasteiger partial charge in [0.1, 0.15) is 0 Å². The van der Waals surface area contributed by atoms with Crippen LogP contribution in [0.5, 0.6) is 0 Å². The third kappa shape index (κ3) is 4.83. The number of hydrogen-bond acceptors (Lipinski definition) is 3. The van der Waals surface area contributed by atoms with E-state index in [1.165, 1.54) is 18.2 Å². The Morgan fingerprint density at radius 1 is 1.40 bits per heavy atom. The molecular formula is C15H24N2O3. The fourth-order valence-electron chi connectivity index (χ4n) is 2.03. The van der Waals surface area contributed by atoms with E-state index < -0.39 is 6.10 Å². The van der Waals surface area contributed by atoms with E-state index in [9.17, 15) is 9.90 Å². The SMILES string of the molecule is COCC(O)CNC(=O)NC(C)c1cccc(C)c1C. The van der Waals surface area contributed by atoms with Crippen molar-refractivity contribution >= 4 is 6.03 Å². The number of ether oxygens (including phenoxy) is 1. The minimum Gasteiger partial charge on any atom is -0.389 e. The fraction of sp³-hybridized carbons (Fsp3) is 0.533. The second kappa shape index (κ2) is 7.87. The van der Waals surface area contributed by atoms with Crippen LogP contribution in [0, 0.1) is 13.8 Å². The van der Waals surface area contributed by atoms with Crippen LogP contribution in [-0.2, 0) is 4.74 Å². The Bertz CT molecular complexity index is 449. The Morgan fingerprint density at radius 2 is 2.10 bits per heavy atom. The number of aryl methyl sites for hydroxylation is 1. The Balaban J connectivity index is 2.51. The number of aliphatic hydroxyl groups excluding tert-OH is 1. The number of aliphatic hydroxyl groups is 1. The van der Waals surface area contributed by atoms with Crippen molar-refractivity contribution < 1.29 is 14.6 Å². The first-order valence-electron chi connectivity index (χ1n) is 6.73. The predicted octanol–water partition coefficient (Wildman–Crippen LogP) is 1.67. The lowest BCUT2D eigenvalue weighted by atomic mass is 9.98. The summed E-state index contributed by atoms with van der Waals surface area (Å²) in [5, 5.41) is 14.9. The van der Waals surface area contributed by atoms with Crippen LogP contribution in [0.4, 0.5) is 4.79 Å². The van der Waals surface area contributed by atoms with Crippen LogP contribution in [-0.4, -0.2) is 37.5 Å². The first-order chi connectivity index (χ1) is 9.45. The summed E-state index contributed by atoms with van der Waals surface area (Å²) in [5.74, 6) is 0. The summed E-state index contributed by atoms with van der Waals surface area (Å²) in [6.45, 7) is 6.40. The van der Waals surface area contributed by atoms with Gasteiger partial charge < -0.3 is 20.5 Å². The van der Waals surface area contributed by atoms with Crippen LogP contribution in [0.3, 0.4) is 0 Å². The number of hydrogen-bond donors (Lipinski definition) is 3. The third-order valence-electron chi connectivity index (χ3n) is 3.32. The molecule has 1 aromatic carbocycles. The number of amides is 2. The van der Waals surface area contributed by atoms with Crippen LogP contribution < -0.4 is 10.6 Å². The molecule has 20 heavy (non-hydrogen) atoms. The summed E-state index contributed by atoms with van der Waals surface area (Å²) >= 11 is 0. The van der Waals surface area contributed by atoms with E-state index in [-0.39, 0.29) is 25.2 Å². The number of urea groups is 1. The maximum absolute atomic E-state index is 11.8. The van der Waals surface area contributed by atoms with Crippen LogP contribution in [0.2, 0.25) is 0 Å². The molecule has 1 aromatic rings. The van der Waals surface area contributed by atoms with Crippen molar-refractivity contribution in [3.05, 3.63) is 34.9 Å². The molecule has 0 spiro atoms. The highest BCUT2D eigenvalue weighted by Crippen LogP contribution is 2.19. The highest BCUT2D eigenvalue weighted by molar-refractivity contribution is 5.74. The van der Waals surface area contributed by atoms with E-state index >= 15 is 0 Å². The summed E-state index contributed by atoms with van der Waals surface area (Å²) < 4.78 is 4.79. The van der Waals surface area contributed by atoms with E-state index in [2.05, 4.69) is 10.6 Å². The standard InChI is InChI=1S/C15H24N2O3/c1-10-6-5-7-14(11(10)2)12(3)17-15(19)16-8-13(18)9-20-4/h5-7,12-13,18H,8-9H2,1-4H3,(H2,16,17,19). The van der Waals surface area contributed by atoms with Crippen molar-refractivity contribution in [2.75, 3.05) is 20.3 Å². The molecule has 0 aromatic heterocycles. The van der Waals surface area contributed by atoms with Crippen LogP contribution in [0.15, 0.2) is 18.2 Å². The van der Waals surface area contributed by atoms with Crippen molar-refractivity contribution in [1.29, 1.82) is 0 Å². The maximum atomic E-state index is 11.8. The summed E-state index contributed by atoms with van der Waals surface area (Å²) in [6.07, 6.45) is -0.693. The number of nitrogens with one attached hydrogen (secondary N) is 2. The van der Waals surface area contributed by atoms with Gasteiger partial charge in [-0.2, -0.15) is 0 Å². The zero-order valence-electron chi connectivity index (χ0n) is 12.6. The zero-order chi connectivity index (χ0) is 15.1. The largest absolute Gasteiger partial charge is 0.389 e. The molecular weight excluding hydrogens is 256 g/mol. The molecule has 0 aliphatic heterocycles. The minimum atomic E-state index is -0.693. The van der Waals surface area contributed by atoms with Gasteiger partial charge in [-0.25, -0.2) is 4.79 Å². The Hall–Kier alpha value is -1.59. The molecule has 0 bridgehead atoms. The van der Waals surface area contributed by atoms with Crippen LogP contribution >= 0.6 is 0 Å². The van der Waals surface area contributed by atoms with Gasteiger partial charge >= 0.3 is 6.03 Å². The molecule has 5 heteroatoms.